The molecular weight excluding hydrogens is 212 g/mol. The van der Waals surface area contributed by atoms with Gasteiger partial charge in [0, 0.05) is 19.5 Å². The molecule has 1 aromatic heterocycles. The summed E-state index contributed by atoms with van der Waals surface area (Å²) in [6, 6.07) is 0. The van der Waals surface area contributed by atoms with Crippen LogP contribution in [0.2, 0.25) is 0 Å². The maximum Gasteiger partial charge on any atom is 0.138 e. The van der Waals surface area contributed by atoms with Crippen LogP contribution >= 0.6 is 0 Å². The topological polar surface area (TPSA) is 42.7 Å². The maximum atomic E-state index is 4.41. The average molecular weight is 236 g/mol. The highest BCUT2D eigenvalue weighted by atomic mass is 15.3. The van der Waals surface area contributed by atoms with E-state index < -0.39 is 0 Å². The first-order valence-corrected chi connectivity index (χ1v) is 6.87. The fourth-order valence-corrected chi connectivity index (χ4v) is 2.28. The summed E-state index contributed by atoms with van der Waals surface area (Å²) in [5.41, 5.74) is 0.480. The molecule has 17 heavy (non-hydrogen) atoms. The third-order valence-electron chi connectivity index (χ3n) is 3.55. The van der Waals surface area contributed by atoms with E-state index in [-0.39, 0.29) is 0 Å². The number of nitrogens with one attached hydrogen (secondary N) is 1. The van der Waals surface area contributed by atoms with Crippen LogP contribution in [-0.2, 0) is 13.0 Å². The Bertz CT molecular complexity index is 341. The van der Waals surface area contributed by atoms with Crippen molar-refractivity contribution in [2.24, 2.45) is 5.41 Å². The normalized spacial score (nSPS) is 17.3. The molecule has 1 heterocycles. The number of rotatable bonds is 8. The van der Waals surface area contributed by atoms with E-state index in [4.69, 9.17) is 0 Å². The Balaban J connectivity index is 1.88. The van der Waals surface area contributed by atoms with Gasteiger partial charge in [-0.3, -0.25) is 4.68 Å². The molecule has 1 aromatic rings. The second kappa shape index (κ2) is 5.63. The largest absolute Gasteiger partial charge is 0.316 e. The second-order valence-corrected chi connectivity index (χ2v) is 5.25. The van der Waals surface area contributed by atoms with Crippen LogP contribution in [-0.4, -0.2) is 27.9 Å². The van der Waals surface area contributed by atoms with Gasteiger partial charge >= 0.3 is 0 Å². The number of aromatic nitrogens is 3. The molecule has 0 aromatic carbocycles. The van der Waals surface area contributed by atoms with Crippen LogP contribution in [0, 0.1) is 5.41 Å². The summed E-state index contributed by atoms with van der Waals surface area (Å²) in [6.07, 6.45) is 7.79. The lowest BCUT2D eigenvalue weighted by atomic mass is 10.0. The van der Waals surface area contributed by atoms with Gasteiger partial charge in [-0.25, -0.2) is 4.98 Å². The van der Waals surface area contributed by atoms with Gasteiger partial charge in [0.2, 0.25) is 0 Å². The Kier molecular flexibility index (Phi) is 4.15. The molecule has 1 aliphatic carbocycles. The zero-order valence-electron chi connectivity index (χ0n) is 11.1. The number of nitrogens with zero attached hydrogens (tertiary/aromatic N) is 3. The second-order valence-electron chi connectivity index (χ2n) is 5.25. The average Bonchev–Trinajstić information content (AvgIpc) is 2.94. The number of hydrogen-bond acceptors (Lipinski definition) is 3. The van der Waals surface area contributed by atoms with E-state index in [2.05, 4.69) is 33.9 Å². The van der Waals surface area contributed by atoms with Crippen molar-refractivity contribution in [1.82, 2.24) is 20.1 Å². The third-order valence-corrected chi connectivity index (χ3v) is 3.55. The molecule has 0 bridgehead atoms. The molecule has 1 fully saturated rings. The van der Waals surface area contributed by atoms with Crippen LogP contribution in [0.5, 0.6) is 0 Å². The minimum Gasteiger partial charge on any atom is -0.316 e. The fourth-order valence-electron chi connectivity index (χ4n) is 2.28. The van der Waals surface area contributed by atoms with Crippen LogP contribution in [0.4, 0.5) is 0 Å². The standard InChI is InChI=1S/C13H24N4/c1-3-7-14-10-13(5-6-13)9-12-15-11-16-17(12)8-4-2/h11,14H,3-10H2,1-2H3. The molecule has 0 saturated heterocycles. The molecule has 96 valence electrons. The Morgan fingerprint density at radius 3 is 2.82 bits per heavy atom. The first-order valence-electron chi connectivity index (χ1n) is 6.87. The minimum absolute atomic E-state index is 0.480. The highest BCUT2D eigenvalue weighted by molar-refractivity contribution is 5.03. The van der Waals surface area contributed by atoms with Gasteiger partial charge in [0.05, 0.1) is 0 Å². The monoisotopic (exact) mass is 236 g/mol. The molecule has 4 nitrogen and oxygen atoms in total. The SMILES string of the molecule is CCCNCC1(Cc2ncnn2CCC)CC1. The van der Waals surface area contributed by atoms with Gasteiger partial charge in [0.25, 0.3) is 0 Å². The third kappa shape index (κ3) is 3.28. The Labute approximate surface area is 104 Å². The van der Waals surface area contributed by atoms with Gasteiger partial charge in [-0.1, -0.05) is 13.8 Å². The zero-order valence-corrected chi connectivity index (χ0v) is 11.1. The molecule has 0 radical (unpaired) electrons. The Morgan fingerprint density at radius 2 is 2.18 bits per heavy atom. The lowest BCUT2D eigenvalue weighted by molar-refractivity contribution is 0.429. The maximum absolute atomic E-state index is 4.41. The van der Waals surface area contributed by atoms with Crippen molar-refractivity contribution >= 4 is 0 Å². The molecule has 1 aliphatic rings. The van der Waals surface area contributed by atoms with E-state index in [1.54, 1.807) is 6.33 Å². The van der Waals surface area contributed by atoms with Crippen molar-refractivity contribution in [3.63, 3.8) is 0 Å². The van der Waals surface area contributed by atoms with Crippen LogP contribution < -0.4 is 5.32 Å². The molecule has 1 saturated carbocycles. The van der Waals surface area contributed by atoms with Crippen molar-refractivity contribution in [1.29, 1.82) is 0 Å². The summed E-state index contributed by atoms with van der Waals surface area (Å²) in [6.45, 7) is 7.66. The van der Waals surface area contributed by atoms with Crippen LogP contribution in [0.15, 0.2) is 6.33 Å². The summed E-state index contributed by atoms with van der Waals surface area (Å²) >= 11 is 0. The summed E-state index contributed by atoms with van der Waals surface area (Å²) in [7, 11) is 0. The van der Waals surface area contributed by atoms with Crippen molar-refractivity contribution in [2.45, 2.75) is 52.5 Å². The van der Waals surface area contributed by atoms with Crippen LogP contribution in [0.1, 0.15) is 45.4 Å². The van der Waals surface area contributed by atoms with E-state index in [1.165, 1.54) is 25.1 Å². The number of hydrogen-bond donors (Lipinski definition) is 1. The van der Waals surface area contributed by atoms with E-state index in [1.807, 2.05) is 0 Å². The molecule has 2 rings (SSSR count). The fraction of sp³-hybridized carbons (Fsp3) is 0.846. The smallest absolute Gasteiger partial charge is 0.138 e. The van der Waals surface area contributed by atoms with Gasteiger partial charge in [0.1, 0.15) is 12.2 Å². The van der Waals surface area contributed by atoms with Gasteiger partial charge in [-0.05, 0) is 37.6 Å². The molecule has 0 amide bonds. The van der Waals surface area contributed by atoms with Crippen LogP contribution in [0.25, 0.3) is 0 Å². The summed E-state index contributed by atoms with van der Waals surface area (Å²) in [5, 5.41) is 7.84. The first kappa shape index (κ1) is 12.6. The summed E-state index contributed by atoms with van der Waals surface area (Å²) in [5.74, 6) is 1.17. The van der Waals surface area contributed by atoms with Crippen LogP contribution in [0.3, 0.4) is 0 Å². The van der Waals surface area contributed by atoms with E-state index in [0.717, 1.165) is 32.5 Å². The van der Waals surface area contributed by atoms with Crippen molar-refractivity contribution in [2.75, 3.05) is 13.1 Å². The van der Waals surface area contributed by atoms with E-state index >= 15 is 0 Å². The van der Waals surface area contributed by atoms with Crippen molar-refractivity contribution in [3.05, 3.63) is 12.2 Å². The van der Waals surface area contributed by atoms with Crippen molar-refractivity contribution in [3.8, 4) is 0 Å². The van der Waals surface area contributed by atoms with Gasteiger partial charge < -0.3 is 5.32 Å². The first-order chi connectivity index (χ1) is 8.29. The predicted octanol–water partition coefficient (Wildman–Crippen LogP) is 2.01. The van der Waals surface area contributed by atoms with Gasteiger partial charge in [-0.2, -0.15) is 5.10 Å². The van der Waals surface area contributed by atoms with Gasteiger partial charge in [0.15, 0.2) is 0 Å². The number of aryl methyl sites for hydroxylation is 1. The lowest BCUT2D eigenvalue weighted by Crippen LogP contribution is -2.27. The molecule has 0 spiro atoms. The van der Waals surface area contributed by atoms with Crippen molar-refractivity contribution < 1.29 is 0 Å². The molecule has 0 aliphatic heterocycles. The predicted molar refractivity (Wildman–Crippen MR) is 68.8 cm³/mol. The molecular formula is C13H24N4. The van der Waals surface area contributed by atoms with E-state index in [9.17, 15) is 0 Å². The quantitative estimate of drug-likeness (QED) is 0.702. The summed E-state index contributed by atoms with van der Waals surface area (Å²) in [4.78, 5) is 4.41. The molecule has 0 unspecified atom stereocenters. The zero-order chi connectivity index (χ0) is 12.1. The van der Waals surface area contributed by atoms with Gasteiger partial charge in [-0.15, -0.1) is 0 Å². The molecule has 0 atom stereocenters. The lowest BCUT2D eigenvalue weighted by Gasteiger charge is -2.15. The van der Waals surface area contributed by atoms with E-state index in [0.29, 0.717) is 5.41 Å². The summed E-state index contributed by atoms with van der Waals surface area (Å²) < 4.78 is 2.07. The highest BCUT2D eigenvalue weighted by Crippen LogP contribution is 2.47. The highest BCUT2D eigenvalue weighted by Gasteiger charge is 2.43. The molecule has 1 N–H and O–H groups in total. The Hall–Kier alpha value is -0.900. The molecule has 4 heteroatoms. The Morgan fingerprint density at radius 1 is 1.35 bits per heavy atom. The minimum atomic E-state index is 0.480.